The minimum atomic E-state index is -0.722. The lowest BCUT2D eigenvalue weighted by molar-refractivity contribution is -0.142. The molecule has 0 saturated carbocycles. The monoisotopic (exact) mass is 439 g/mol. The summed E-state index contributed by atoms with van der Waals surface area (Å²) in [6.07, 6.45) is 3.00. The van der Waals surface area contributed by atoms with Gasteiger partial charge in [0.2, 0.25) is 11.8 Å². The SMILES string of the molecule is CCOC(=O)C(C)=C[C@H](C(C)C)N(C)C(=O)[C@@H](NC(=O)C(CC)(CC)NC)C(C)(C)C. The van der Waals surface area contributed by atoms with Gasteiger partial charge < -0.3 is 20.3 Å². The molecule has 0 heterocycles. The summed E-state index contributed by atoms with van der Waals surface area (Å²) in [4.78, 5) is 40.5. The van der Waals surface area contributed by atoms with Crippen LogP contribution in [0.1, 0.15) is 75.2 Å². The number of carbonyl (C=O) groups excluding carboxylic acids is 3. The second-order valence-corrected chi connectivity index (χ2v) is 9.57. The van der Waals surface area contributed by atoms with Crippen LogP contribution in [0.4, 0.5) is 0 Å². The number of esters is 1. The third-order valence-electron chi connectivity index (χ3n) is 6.00. The van der Waals surface area contributed by atoms with Crippen LogP contribution in [0.2, 0.25) is 0 Å². The van der Waals surface area contributed by atoms with E-state index in [9.17, 15) is 14.4 Å². The molecule has 0 bridgehead atoms. The Morgan fingerprint density at radius 2 is 1.58 bits per heavy atom. The van der Waals surface area contributed by atoms with Gasteiger partial charge in [-0.2, -0.15) is 0 Å². The van der Waals surface area contributed by atoms with Crippen molar-refractivity contribution in [1.29, 1.82) is 0 Å². The van der Waals surface area contributed by atoms with Gasteiger partial charge in [0.05, 0.1) is 18.2 Å². The zero-order valence-corrected chi connectivity index (χ0v) is 21.5. The summed E-state index contributed by atoms with van der Waals surface area (Å²) in [7, 11) is 3.49. The Hall–Kier alpha value is -1.89. The van der Waals surface area contributed by atoms with Crippen LogP contribution in [0.3, 0.4) is 0 Å². The second-order valence-electron chi connectivity index (χ2n) is 9.57. The molecule has 0 fully saturated rings. The first-order valence-corrected chi connectivity index (χ1v) is 11.3. The highest BCUT2D eigenvalue weighted by Crippen LogP contribution is 2.25. The molecule has 0 radical (unpaired) electrons. The Bertz CT molecular complexity index is 637. The number of hydrogen-bond donors (Lipinski definition) is 2. The summed E-state index contributed by atoms with van der Waals surface area (Å²) >= 11 is 0. The molecule has 0 saturated heterocycles. The molecule has 0 aromatic rings. The largest absolute Gasteiger partial charge is 0.463 e. The van der Waals surface area contributed by atoms with Crippen molar-refractivity contribution in [1.82, 2.24) is 15.5 Å². The molecule has 0 aliphatic carbocycles. The van der Waals surface area contributed by atoms with Crippen LogP contribution < -0.4 is 10.6 Å². The Morgan fingerprint density at radius 3 is 1.94 bits per heavy atom. The lowest BCUT2D eigenvalue weighted by atomic mass is 9.83. The van der Waals surface area contributed by atoms with Gasteiger partial charge in [0.15, 0.2) is 0 Å². The van der Waals surface area contributed by atoms with E-state index in [4.69, 9.17) is 4.74 Å². The van der Waals surface area contributed by atoms with E-state index in [0.29, 0.717) is 25.0 Å². The topological polar surface area (TPSA) is 87.7 Å². The molecule has 7 nitrogen and oxygen atoms in total. The number of rotatable bonds is 11. The number of likely N-dealkylation sites (N-methyl/N-ethyl adjacent to an activating group) is 2. The van der Waals surface area contributed by atoms with E-state index in [1.54, 1.807) is 38.9 Å². The van der Waals surface area contributed by atoms with Gasteiger partial charge in [0.25, 0.3) is 0 Å². The van der Waals surface area contributed by atoms with E-state index in [2.05, 4.69) is 10.6 Å². The van der Waals surface area contributed by atoms with Crippen LogP contribution in [0, 0.1) is 11.3 Å². The highest BCUT2D eigenvalue weighted by atomic mass is 16.5. The molecule has 0 aliphatic heterocycles. The number of hydrogen-bond acceptors (Lipinski definition) is 5. The van der Waals surface area contributed by atoms with Crippen molar-refractivity contribution >= 4 is 17.8 Å². The molecule has 2 N–H and O–H groups in total. The van der Waals surface area contributed by atoms with Crippen molar-refractivity contribution in [2.24, 2.45) is 11.3 Å². The lowest BCUT2D eigenvalue weighted by Gasteiger charge is -2.39. The second kappa shape index (κ2) is 12.2. The number of amides is 2. The van der Waals surface area contributed by atoms with E-state index < -0.39 is 17.0 Å². The minimum Gasteiger partial charge on any atom is -0.463 e. The molecular formula is C24H45N3O4. The van der Waals surface area contributed by atoms with Gasteiger partial charge in [-0.1, -0.05) is 54.5 Å². The predicted molar refractivity (Wildman–Crippen MR) is 126 cm³/mol. The summed E-state index contributed by atoms with van der Waals surface area (Å²) in [6.45, 7) is 17.5. The molecule has 0 aliphatic rings. The first-order chi connectivity index (χ1) is 14.2. The van der Waals surface area contributed by atoms with E-state index in [0.717, 1.165) is 0 Å². The minimum absolute atomic E-state index is 0.0670. The molecule has 0 unspecified atom stereocenters. The van der Waals surface area contributed by atoms with Crippen molar-refractivity contribution < 1.29 is 19.1 Å². The van der Waals surface area contributed by atoms with Crippen LogP contribution in [0.25, 0.3) is 0 Å². The lowest BCUT2D eigenvalue weighted by Crippen LogP contribution is -2.62. The maximum absolute atomic E-state index is 13.6. The van der Waals surface area contributed by atoms with Crippen LogP contribution in [-0.4, -0.2) is 61.0 Å². The van der Waals surface area contributed by atoms with E-state index >= 15 is 0 Å². The van der Waals surface area contributed by atoms with Gasteiger partial charge in [0, 0.05) is 12.6 Å². The van der Waals surface area contributed by atoms with E-state index in [-0.39, 0.29) is 29.7 Å². The zero-order valence-electron chi connectivity index (χ0n) is 21.5. The summed E-state index contributed by atoms with van der Waals surface area (Å²) in [5.41, 5.74) is -0.758. The van der Waals surface area contributed by atoms with Crippen molar-refractivity contribution in [3.8, 4) is 0 Å². The first-order valence-electron chi connectivity index (χ1n) is 11.3. The van der Waals surface area contributed by atoms with Gasteiger partial charge in [-0.15, -0.1) is 0 Å². The molecule has 2 atom stereocenters. The van der Waals surface area contributed by atoms with Gasteiger partial charge in [-0.25, -0.2) is 4.79 Å². The van der Waals surface area contributed by atoms with E-state index in [1.807, 2.05) is 48.5 Å². The van der Waals surface area contributed by atoms with Gasteiger partial charge >= 0.3 is 5.97 Å². The molecule has 0 aromatic heterocycles. The molecule has 0 rings (SSSR count). The number of nitrogens with zero attached hydrogens (tertiary/aromatic N) is 1. The standard InChI is InChI=1S/C24H45N3O4/c1-12-24(13-2,25-10)22(30)26-19(23(7,8)9)20(28)27(11)18(16(4)5)15-17(6)21(29)31-14-3/h15-16,18-19,25H,12-14H2,1-11H3,(H,26,30)/t18-,19-/m1/s1. The number of carbonyl (C=O) groups is 3. The van der Waals surface area contributed by atoms with Crippen LogP contribution in [0.5, 0.6) is 0 Å². The van der Waals surface area contributed by atoms with Crippen LogP contribution in [-0.2, 0) is 19.1 Å². The Balaban J connectivity index is 5.97. The average molecular weight is 440 g/mol. The Labute approximate surface area is 189 Å². The van der Waals surface area contributed by atoms with Gasteiger partial charge in [-0.3, -0.25) is 9.59 Å². The average Bonchev–Trinajstić information content (AvgIpc) is 2.69. The highest BCUT2D eigenvalue weighted by Gasteiger charge is 2.41. The Kier molecular flexibility index (Phi) is 11.5. The van der Waals surface area contributed by atoms with Crippen LogP contribution >= 0.6 is 0 Å². The third kappa shape index (κ3) is 7.63. The normalized spacial score (nSPS) is 14.8. The molecule has 0 aromatic carbocycles. The summed E-state index contributed by atoms with van der Waals surface area (Å²) in [5, 5.41) is 6.15. The summed E-state index contributed by atoms with van der Waals surface area (Å²) in [5.74, 6) is -0.692. The van der Waals surface area contributed by atoms with Crippen molar-refractivity contribution in [3.63, 3.8) is 0 Å². The van der Waals surface area contributed by atoms with E-state index in [1.165, 1.54) is 0 Å². The number of ether oxygens (including phenoxy) is 1. The zero-order chi connectivity index (χ0) is 24.6. The quantitative estimate of drug-likeness (QED) is 0.381. The fraction of sp³-hybridized carbons (Fsp3) is 0.792. The smallest absolute Gasteiger partial charge is 0.333 e. The fourth-order valence-corrected chi connectivity index (χ4v) is 3.63. The van der Waals surface area contributed by atoms with Gasteiger partial charge in [-0.05, 0) is 45.1 Å². The molecule has 0 spiro atoms. The predicted octanol–water partition coefficient (Wildman–Crippen LogP) is 3.29. The van der Waals surface area contributed by atoms with Crippen molar-refractivity contribution in [3.05, 3.63) is 11.6 Å². The molecule has 31 heavy (non-hydrogen) atoms. The molecule has 2 amide bonds. The van der Waals surface area contributed by atoms with Gasteiger partial charge in [0.1, 0.15) is 6.04 Å². The fourth-order valence-electron chi connectivity index (χ4n) is 3.63. The molecular weight excluding hydrogens is 394 g/mol. The molecule has 7 heteroatoms. The Morgan fingerprint density at radius 1 is 1.06 bits per heavy atom. The van der Waals surface area contributed by atoms with Crippen molar-refractivity contribution in [2.45, 2.75) is 92.8 Å². The highest BCUT2D eigenvalue weighted by molar-refractivity contribution is 5.93. The summed E-state index contributed by atoms with van der Waals surface area (Å²) < 4.78 is 5.08. The van der Waals surface area contributed by atoms with Crippen molar-refractivity contribution in [2.75, 3.05) is 20.7 Å². The third-order valence-corrected chi connectivity index (χ3v) is 6.00. The molecule has 180 valence electrons. The number of nitrogens with one attached hydrogen (secondary N) is 2. The van der Waals surface area contributed by atoms with Crippen LogP contribution in [0.15, 0.2) is 11.6 Å². The summed E-state index contributed by atoms with van der Waals surface area (Å²) in [6, 6.07) is -1.03. The maximum Gasteiger partial charge on any atom is 0.333 e. The first kappa shape index (κ1) is 29.1. The maximum atomic E-state index is 13.6.